The van der Waals surface area contributed by atoms with E-state index in [1.54, 1.807) is 33.1 Å². The van der Waals surface area contributed by atoms with Crippen LogP contribution in [0.2, 0.25) is 0 Å². The third kappa shape index (κ3) is 4.89. The predicted molar refractivity (Wildman–Crippen MR) is 107 cm³/mol. The normalized spacial score (nSPS) is 15.2. The fourth-order valence-corrected chi connectivity index (χ4v) is 5.21. The van der Waals surface area contributed by atoms with E-state index in [9.17, 15) is 8.42 Å². The van der Waals surface area contributed by atoms with Gasteiger partial charge in [-0.2, -0.15) is 0 Å². The van der Waals surface area contributed by atoms with Crippen LogP contribution in [0.5, 0.6) is 5.75 Å². The molecule has 1 aliphatic heterocycles. The van der Waals surface area contributed by atoms with Crippen molar-refractivity contribution in [3.63, 3.8) is 0 Å². The van der Waals surface area contributed by atoms with Gasteiger partial charge in [-0.3, -0.25) is 4.90 Å². The Hall–Kier alpha value is -1.89. The van der Waals surface area contributed by atoms with Gasteiger partial charge in [-0.15, -0.1) is 0 Å². The largest absolute Gasteiger partial charge is 0.497 e. The van der Waals surface area contributed by atoms with Crippen molar-refractivity contribution < 1.29 is 13.2 Å². The molecule has 0 aromatic heterocycles. The molecule has 1 saturated heterocycles. The van der Waals surface area contributed by atoms with E-state index in [1.165, 1.54) is 18.4 Å². The number of aryl methyl sites for hydroxylation is 2. The summed E-state index contributed by atoms with van der Waals surface area (Å²) in [6.45, 7) is 7.08. The number of likely N-dealkylation sites (tertiary alicyclic amines) is 1. The van der Waals surface area contributed by atoms with Gasteiger partial charge in [-0.05, 0) is 74.2 Å². The molecular weight excluding hydrogens is 360 g/mol. The molecule has 0 saturated carbocycles. The molecule has 0 amide bonds. The van der Waals surface area contributed by atoms with Crippen molar-refractivity contribution >= 4 is 10.0 Å². The van der Waals surface area contributed by atoms with Crippen molar-refractivity contribution in [2.45, 2.75) is 44.7 Å². The SMILES string of the molecule is COc1cc(C)c(S(=O)(=O)NCc2cccc(CN3CCCC3)c2)c(C)c1. The summed E-state index contributed by atoms with van der Waals surface area (Å²) in [6.07, 6.45) is 2.53. The van der Waals surface area contributed by atoms with Crippen molar-refractivity contribution in [1.82, 2.24) is 9.62 Å². The fraction of sp³-hybridized carbons (Fsp3) is 0.429. The number of ether oxygens (including phenoxy) is 1. The Balaban J connectivity index is 1.72. The van der Waals surface area contributed by atoms with Gasteiger partial charge in [-0.25, -0.2) is 13.1 Å². The topological polar surface area (TPSA) is 58.6 Å². The number of nitrogens with zero attached hydrogens (tertiary/aromatic N) is 1. The van der Waals surface area contributed by atoms with E-state index in [-0.39, 0.29) is 6.54 Å². The zero-order valence-electron chi connectivity index (χ0n) is 16.3. The lowest BCUT2D eigenvalue weighted by atomic mass is 10.1. The lowest BCUT2D eigenvalue weighted by molar-refractivity contribution is 0.331. The predicted octanol–water partition coefficient (Wildman–Crippen LogP) is 3.39. The Kier molecular flexibility index (Phi) is 6.19. The number of sulfonamides is 1. The Morgan fingerprint density at radius 2 is 1.67 bits per heavy atom. The minimum absolute atomic E-state index is 0.279. The summed E-state index contributed by atoms with van der Waals surface area (Å²) in [6, 6.07) is 11.7. The van der Waals surface area contributed by atoms with Crippen LogP contribution in [0.4, 0.5) is 0 Å². The van der Waals surface area contributed by atoms with Crippen LogP contribution in [0.25, 0.3) is 0 Å². The summed E-state index contributed by atoms with van der Waals surface area (Å²) in [5.41, 5.74) is 3.56. The molecule has 2 aromatic rings. The lowest BCUT2D eigenvalue weighted by Gasteiger charge is -2.16. The molecule has 3 rings (SSSR count). The zero-order valence-corrected chi connectivity index (χ0v) is 17.1. The van der Waals surface area contributed by atoms with Crippen LogP contribution in [-0.4, -0.2) is 33.5 Å². The molecular formula is C21H28N2O3S. The third-order valence-electron chi connectivity index (χ3n) is 5.00. The molecule has 1 heterocycles. The smallest absolute Gasteiger partial charge is 0.241 e. The monoisotopic (exact) mass is 388 g/mol. The second-order valence-corrected chi connectivity index (χ2v) is 8.92. The number of benzene rings is 2. The van der Waals surface area contributed by atoms with E-state index in [1.807, 2.05) is 12.1 Å². The van der Waals surface area contributed by atoms with Crippen molar-refractivity contribution in [2.75, 3.05) is 20.2 Å². The van der Waals surface area contributed by atoms with Crippen LogP contribution in [0, 0.1) is 13.8 Å². The highest BCUT2D eigenvalue weighted by Gasteiger charge is 2.20. The van der Waals surface area contributed by atoms with Crippen LogP contribution in [0.15, 0.2) is 41.3 Å². The van der Waals surface area contributed by atoms with Gasteiger partial charge in [-0.1, -0.05) is 24.3 Å². The summed E-state index contributed by atoms with van der Waals surface area (Å²) in [4.78, 5) is 2.77. The number of methoxy groups -OCH3 is 1. The molecule has 0 spiro atoms. The van der Waals surface area contributed by atoms with Crippen molar-refractivity contribution in [2.24, 2.45) is 0 Å². The van der Waals surface area contributed by atoms with Crippen molar-refractivity contribution in [3.8, 4) is 5.75 Å². The highest BCUT2D eigenvalue weighted by atomic mass is 32.2. The van der Waals surface area contributed by atoms with Gasteiger partial charge in [0.1, 0.15) is 5.75 Å². The summed E-state index contributed by atoms with van der Waals surface area (Å²) < 4.78 is 33.7. The van der Waals surface area contributed by atoms with Gasteiger partial charge in [0.25, 0.3) is 0 Å². The first-order chi connectivity index (χ1) is 12.9. The maximum atomic E-state index is 12.9. The van der Waals surface area contributed by atoms with Gasteiger partial charge in [0.2, 0.25) is 10.0 Å². The summed E-state index contributed by atoms with van der Waals surface area (Å²) >= 11 is 0. The second kappa shape index (κ2) is 8.42. The number of hydrogen-bond donors (Lipinski definition) is 1. The summed E-state index contributed by atoms with van der Waals surface area (Å²) in [5, 5.41) is 0. The Bertz CT molecular complexity index is 880. The molecule has 0 atom stereocenters. The van der Waals surface area contributed by atoms with Crippen LogP contribution in [0.1, 0.15) is 35.1 Å². The first-order valence-corrected chi connectivity index (χ1v) is 10.8. The van der Waals surface area contributed by atoms with Gasteiger partial charge in [0.05, 0.1) is 12.0 Å². The highest BCUT2D eigenvalue weighted by Crippen LogP contribution is 2.25. The van der Waals surface area contributed by atoms with Crippen molar-refractivity contribution in [3.05, 3.63) is 58.7 Å². The minimum Gasteiger partial charge on any atom is -0.497 e. The van der Waals surface area contributed by atoms with Gasteiger partial charge in [0, 0.05) is 13.1 Å². The molecule has 0 unspecified atom stereocenters. The Morgan fingerprint density at radius 1 is 1.04 bits per heavy atom. The van der Waals surface area contributed by atoms with Gasteiger partial charge < -0.3 is 4.74 Å². The van der Waals surface area contributed by atoms with Crippen molar-refractivity contribution in [1.29, 1.82) is 0 Å². The first-order valence-electron chi connectivity index (χ1n) is 9.34. The number of nitrogens with one attached hydrogen (secondary N) is 1. The standard InChI is InChI=1S/C21H28N2O3S/c1-16-11-20(26-3)12-17(2)21(16)27(24,25)22-14-18-7-6-8-19(13-18)15-23-9-4-5-10-23/h6-8,11-13,22H,4-5,9-10,14-15H2,1-3H3. The van der Waals surface area contributed by atoms with E-state index in [0.717, 1.165) is 25.2 Å². The Labute approximate surface area is 162 Å². The minimum atomic E-state index is -3.60. The van der Waals surface area contributed by atoms with Gasteiger partial charge in [0.15, 0.2) is 0 Å². The van der Waals surface area contributed by atoms with Crippen LogP contribution < -0.4 is 9.46 Å². The van der Waals surface area contributed by atoms with E-state index in [2.05, 4.69) is 21.8 Å². The molecule has 5 nitrogen and oxygen atoms in total. The molecule has 2 aromatic carbocycles. The number of rotatable bonds is 7. The quantitative estimate of drug-likeness (QED) is 0.790. The first kappa shape index (κ1) is 19.9. The lowest BCUT2D eigenvalue weighted by Crippen LogP contribution is -2.25. The van der Waals surface area contributed by atoms with E-state index in [0.29, 0.717) is 21.8 Å². The summed E-state index contributed by atoms with van der Waals surface area (Å²) in [5.74, 6) is 0.665. The molecule has 0 bridgehead atoms. The van der Waals surface area contributed by atoms with Crippen LogP contribution in [0.3, 0.4) is 0 Å². The molecule has 1 N–H and O–H groups in total. The molecule has 146 valence electrons. The third-order valence-corrected chi connectivity index (χ3v) is 6.71. The number of hydrogen-bond acceptors (Lipinski definition) is 4. The van der Waals surface area contributed by atoms with E-state index >= 15 is 0 Å². The maximum Gasteiger partial charge on any atom is 0.241 e. The summed E-state index contributed by atoms with van der Waals surface area (Å²) in [7, 11) is -2.02. The molecule has 1 fully saturated rings. The maximum absolute atomic E-state index is 12.9. The molecule has 1 aliphatic rings. The van der Waals surface area contributed by atoms with Gasteiger partial charge >= 0.3 is 0 Å². The second-order valence-electron chi connectivity index (χ2n) is 7.22. The van der Waals surface area contributed by atoms with E-state index < -0.39 is 10.0 Å². The fourth-order valence-electron chi connectivity index (χ4n) is 3.74. The average Bonchev–Trinajstić information content (AvgIpc) is 3.12. The average molecular weight is 389 g/mol. The van der Waals surface area contributed by atoms with E-state index in [4.69, 9.17) is 4.74 Å². The molecule has 0 aliphatic carbocycles. The zero-order chi connectivity index (χ0) is 19.4. The highest BCUT2D eigenvalue weighted by molar-refractivity contribution is 7.89. The molecule has 0 radical (unpaired) electrons. The van der Waals surface area contributed by atoms with Crippen LogP contribution in [-0.2, 0) is 23.1 Å². The Morgan fingerprint density at radius 3 is 2.30 bits per heavy atom. The van der Waals surface area contributed by atoms with Crippen LogP contribution >= 0.6 is 0 Å². The molecule has 27 heavy (non-hydrogen) atoms. The molecule has 6 heteroatoms.